The van der Waals surface area contributed by atoms with Crippen LogP contribution in [0.4, 0.5) is 0 Å². The molecular weight excluding hydrogens is 625 g/mol. The van der Waals surface area contributed by atoms with Crippen LogP contribution in [-0.2, 0) is 11.8 Å². The molecule has 0 bridgehead atoms. The lowest BCUT2D eigenvalue weighted by molar-refractivity contribution is 0.768. The standard InChI is InChI=1S/C52H36/c1-4-19-38(20-5-1)50-45-28-13-12-26-42(45)43(46-33-32-37-18-10-11-25-41(37)51(46)50)29-16-17-36-31-34-49-47(35-36)44-27-14-15-30-48(44)52(49,39-21-6-2-7-22-39)40-23-8-3-9-24-40/h1-16,18-35H,17H2/b29-16+. The van der Waals surface area contributed by atoms with E-state index >= 15 is 0 Å². The first-order valence-corrected chi connectivity index (χ1v) is 18.2. The zero-order valence-electron chi connectivity index (χ0n) is 28.8. The quantitative estimate of drug-likeness (QED) is 0.123. The maximum atomic E-state index is 2.44. The van der Waals surface area contributed by atoms with Crippen LogP contribution in [0.15, 0.2) is 200 Å². The van der Waals surface area contributed by atoms with Crippen LogP contribution in [0.2, 0.25) is 0 Å². The molecule has 0 radical (unpaired) electrons. The van der Waals surface area contributed by atoms with E-state index in [4.69, 9.17) is 0 Å². The molecule has 0 heteroatoms. The van der Waals surface area contributed by atoms with Crippen molar-refractivity contribution >= 4 is 38.4 Å². The topological polar surface area (TPSA) is 0 Å². The summed E-state index contributed by atoms with van der Waals surface area (Å²) >= 11 is 0. The molecule has 0 unspecified atom stereocenters. The van der Waals surface area contributed by atoms with Gasteiger partial charge in [0.2, 0.25) is 0 Å². The van der Waals surface area contributed by atoms with Crippen LogP contribution >= 0.6 is 0 Å². The molecule has 0 heterocycles. The minimum Gasteiger partial charge on any atom is -0.0795 e. The zero-order chi connectivity index (χ0) is 34.5. The van der Waals surface area contributed by atoms with Gasteiger partial charge in [0.1, 0.15) is 0 Å². The molecule has 0 nitrogen and oxygen atoms in total. The van der Waals surface area contributed by atoms with E-state index in [1.165, 1.54) is 88.0 Å². The Morgan fingerprint density at radius 2 is 1.02 bits per heavy atom. The van der Waals surface area contributed by atoms with Gasteiger partial charge < -0.3 is 0 Å². The lowest BCUT2D eigenvalue weighted by atomic mass is 9.67. The Bertz CT molecular complexity index is 2750. The molecule has 52 heavy (non-hydrogen) atoms. The second kappa shape index (κ2) is 12.4. The third-order valence-corrected chi connectivity index (χ3v) is 11.2. The minimum absolute atomic E-state index is 0.371. The van der Waals surface area contributed by atoms with Gasteiger partial charge in [0, 0.05) is 0 Å². The van der Waals surface area contributed by atoms with Gasteiger partial charge >= 0.3 is 0 Å². The minimum atomic E-state index is -0.371. The largest absolute Gasteiger partial charge is 0.0795 e. The van der Waals surface area contributed by atoms with Crippen LogP contribution in [0.3, 0.4) is 0 Å². The number of allylic oxidation sites excluding steroid dienone is 1. The number of benzene rings is 9. The average molecular weight is 661 g/mol. The van der Waals surface area contributed by atoms with Crippen molar-refractivity contribution in [3.8, 4) is 22.3 Å². The molecule has 10 rings (SSSR count). The van der Waals surface area contributed by atoms with Gasteiger partial charge in [-0.15, -0.1) is 0 Å². The maximum absolute atomic E-state index is 2.44. The molecule has 0 spiro atoms. The van der Waals surface area contributed by atoms with Crippen molar-refractivity contribution in [2.45, 2.75) is 11.8 Å². The van der Waals surface area contributed by atoms with Gasteiger partial charge in [0.05, 0.1) is 5.41 Å². The van der Waals surface area contributed by atoms with Crippen molar-refractivity contribution in [1.29, 1.82) is 0 Å². The lowest BCUT2D eigenvalue weighted by Crippen LogP contribution is -2.28. The Morgan fingerprint density at radius 1 is 0.423 bits per heavy atom. The van der Waals surface area contributed by atoms with Crippen molar-refractivity contribution in [3.05, 3.63) is 234 Å². The van der Waals surface area contributed by atoms with Crippen molar-refractivity contribution < 1.29 is 0 Å². The van der Waals surface area contributed by atoms with Crippen LogP contribution in [0.25, 0.3) is 60.6 Å². The van der Waals surface area contributed by atoms with E-state index in [0.29, 0.717) is 0 Å². The normalized spacial score (nSPS) is 13.2. The smallest absolute Gasteiger partial charge is 0.0713 e. The second-order valence-electron chi connectivity index (χ2n) is 13.9. The lowest BCUT2D eigenvalue weighted by Gasteiger charge is -2.33. The van der Waals surface area contributed by atoms with E-state index in [0.717, 1.165) is 6.42 Å². The van der Waals surface area contributed by atoms with Crippen molar-refractivity contribution in [3.63, 3.8) is 0 Å². The Balaban J connectivity index is 1.12. The highest BCUT2D eigenvalue weighted by Crippen LogP contribution is 2.56. The number of fused-ring (bicyclic) bond motifs is 7. The molecule has 0 atom stereocenters. The summed E-state index contributed by atoms with van der Waals surface area (Å²) in [5.41, 5.74) is 12.7. The summed E-state index contributed by atoms with van der Waals surface area (Å²) in [4.78, 5) is 0. The number of hydrogen-bond acceptors (Lipinski definition) is 0. The van der Waals surface area contributed by atoms with E-state index in [2.05, 4.69) is 206 Å². The highest BCUT2D eigenvalue weighted by atomic mass is 14.5. The molecule has 0 saturated heterocycles. The summed E-state index contributed by atoms with van der Waals surface area (Å²) in [6.45, 7) is 0. The molecule has 0 aliphatic heterocycles. The molecule has 244 valence electrons. The highest BCUT2D eigenvalue weighted by Gasteiger charge is 2.45. The molecule has 1 aliphatic carbocycles. The van der Waals surface area contributed by atoms with Gasteiger partial charge in [0.25, 0.3) is 0 Å². The van der Waals surface area contributed by atoms with Crippen molar-refractivity contribution in [1.82, 2.24) is 0 Å². The molecule has 0 N–H and O–H groups in total. The second-order valence-corrected chi connectivity index (χ2v) is 13.9. The summed E-state index contributed by atoms with van der Waals surface area (Å²) in [6, 6.07) is 71.5. The fourth-order valence-corrected chi connectivity index (χ4v) is 9.00. The molecule has 0 aromatic heterocycles. The molecule has 1 aliphatic rings. The van der Waals surface area contributed by atoms with Crippen LogP contribution in [-0.4, -0.2) is 0 Å². The third kappa shape index (κ3) is 4.61. The van der Waals surface area contributed by atoms with Crippen LogP contribution in [0.5, 0.6) is 0 Å². The van der Waals surface area contributed by atoms with Gasteiger partial charge in [-0.25, -0.2) is 0 Å². The number of hydrogen-bond donors (Lipinski definition) is 0. The fraction of sp³-hybridized carbons (Fsp3) is 0.0385. The molecule has 0 fully saturated rings. The van der Waals surface area contributed by atoms with Gasteiger partial charge in [-0.3, -0.25) is 0 Å². The molecular formula is C52H36. The van der Waals surface area contributed by atoms with Gasteiger partial charge in [0.15, 0.2) is 0 Å². The van der Waals surface area contributed by atoms with Gasteiger partial charge in [-0.1, -0.05) is 206 Å². The zero-order valence-corrected chi connectivity index (χ0v) is 28.8. The highest BCUT2D eigenvalue weighted by molar-refractivity contribution is 6.25. The molecule has 9 aromatic carbocycles. The summed E-state index contributed by atoms with van der Waals surface area (Å²) in [7, 11) is 0. The van der Waals surface area contributed by atoms with E-state index < -0.39 is 0 Å². The Hall–Kier alpha value is -6.50. The first kappa shape index (κ1) is 30.3. The van der Waals surface area contributed by atoms with Crippen molar-refractivity contribution in [2.24, 2.45) is 0 Å². The van der Waals surface area contributed by atoms with Crippen molar-refractivity contribution in [2.75, 3.05) is 0 Å². The van der Waals surface area contributed by atoms with Gasteiger partial charge in [-0.05, 0) is 94.4 Å². The molecule has 9 aromatic rings. The third-order valence-electron chi connectivity index (χ3n) is 11.2. The number of rotatable bonds is 6. The summed E-state index contributed by atoms with van der Waals surface area (Å²) in [5.74, 6) is 0. The summed E-state index contributed by atoms with van der Waals surface area (Å²) in [5, 5.41) is 7.71. The molecule has 0 saturated carbocycles. The SMILES string of the molecule is C(=C\c1c2ccccc2c(-c2ccccc2)c2c1ccc1ccccc12)/Cc1ccc2c(c1)-c1ccccc1C2(c1ccccc1)c1ccccc1. The monoisotopic (exact) mass is 660 g/mol. The molecule has 0 amide bonds. The van der Waals surface area contributed by atoms with E-state index in [1.54, 1.807) is 0 Å². The summed E-state index contributed by atoms with van der Waals surface area (Å²) < 4.78 is 0. The van der Waals surface area contributed by atoms with Crippen LogP contribution in [0, 0.1) is 0 Å². The summed E-state index contributed by atoms with van der Waals surface area (Å²) in [6.07, 6.45) is 5.57. The van der Waals surface area contributed by atoms with E-state index in [-0.39, 0.29) is 5.41 Å². The fourth-order valence-electron chi connectivity index (χ4n) is 9.00. The first-order chi connectivity index (χ1) is 25.8. The Labute approximate surface area is 305 Å². The predicted molar refractivity (Wildman–Crippen MR) is 221 cm³/mol. The van der Waals surface area contributed by atoms with E-state index in [1.807, 2.05) is 0 Å². The predicted octanol–water partition coefficient (Wildman–Crippen LogP) is 13.4. The maximum Gasteiger partial charge on any atom is 0.0713 e. The van der Waals surface area contributed by atoms with Gasteiger partial charge in [-0.2, -0.15) is 0 Å². The van der Waals surface area contributed by atoms with E-state index in [9.17, 15) is 0 Å². The average Bonchev–Trinajstić information content (AvgIpc) is 3.52. The first-order valence-electron chi connectivity index (χ1n) is 18.2. The van der Waals surface area contributed by atoms with Crippen LogP contribution < -0.4 is 0 Å². The Morgan fingerprint density at radius 3 is 1.77 bits per heavy atom. The van der Waals surface area contributed by atoms with Crippen LogP contribution in [0.1, 0.15) is 33.4 Å². The Kier molecular flexibility index (Phi) is 7.22.